The lowest BCUT2D eigenvalue weighted by Gasteiger charge is -2.39. The van der Waals surface area contributed by atoms with Crippen LogP contribution in [-0.2, 0) is 16.1 Å². The Morgan fingerprint density at radius 3 is 2.39 bits per heavy atom. The second kappa shape index (κ2) is 13.0. The van der Waals surface area contributed by atoms with E-state index in [9.17, 15) is 9.90 Å². The zero-order valence-electron chi connectivity index (χ0n) is 22.5. The van der Waals surface area contributed by atoms with Gasteiger partial charge >= 0.3 is 6.03 Å². The van der Waals surface area contributed by atoms with E-state index in [1.165, 1.54) is 45.3 Å². The van der Waals surface area contributed by atoms with Gasteiger partial charge in [0.1, 0.15) is 0 Å². The molecule has 206 valence electrons. The van der Waals surface area contributed by atoms with E-state index < -0.39 is 6.29 Å². The molecule has 4 atom stereocenters. The van der Waals surface area contributed by atoms with Gasteiger partial charge in [0.25, 0.3) is 0 Å². The molecule has 8 heteroatoms. The van der Waals surface area contributed by atoms with E-state index in [1.807, 2.05) is 43.3 Å². The fraction of sp³-hybridized carbons (Fsp3) is 0.567. The van der Waals surface area contributed by atoms with Gasteiger partial charge in [-0.1, -0.05) is 36.4 Å². The van der Waals surface area contributed by atoms with Crippen LogP contribution in [0.15, 0.2) is 48.5 Å². The first kappa shape index (κ1) is 27.1. The second-order valence-corrected chi connectivity index (χ2v) is 10.8. The van der Waals surface area contributed by atoms with Crippen molar-refractivity contribution >= 4 is 11.7 Å². The van der Waals surface area contributed by atoms with E-state index in [1.54, 1.807) is 0 Å². The molecule has 5 rings (SSSR count). The van der Waals surface area contributed by atoms with E-state index in [4.69, 9.17) is 9.47 Å². The summed E-state index contributed by atoms with van der Waals surface area (Å²) in [6.45, 7) is 8.16. The maximum atomic E-state index is 11.9. The van der Waals surface area contributed by atoms with E-state index in [0.717, 1.165) is 41.9 Å². The zero-order valence-corrected chi connectivity index (χ0v) is 22.5. The molecule has 3 heterocycles. The van der Waals surface area contributed by atoms with Crippen molar-refractivity contribution in [3.63, 3.8) is 0 Å². The van der Waals surface area contributed by atoms with Crippen LogP contribution >= 0.6 is 0 Å². The SMILES string of the molecule is CCNC(=O)Nc1ccc([C@@H]2O[C@H](CN3CCC[C@H]3CN3CCCC3)C[C@H](c3ccc(CO)cc3)O2)cc1. The number of hydrogen-bond donors (Lipinski definition) is 3. The number of aliphatic hydroxyl groups is 1. The van der Waals surface area contributed by atoms with Gasteiger partial charge in [0.2, 0.25) is 0 Å². The number of anilines is 1. The van der Waals surface area contributed by atoms with Gasteiger partial charge in [0.15, 0.2) is 6.29 Å². The maximum Gasteiger partial charge on any atom is 0.319 e. The van der Waals surface area contributed by atoms with Gasteiger partial charge in [-0.2, -0.15) is 0 Å². The molecule has 2 amide bonds. The van der Waals surface area contributed by atoms with Crippen molar-refractivity contribution in [1.29, 1.82) is 0 Å². The highest BCUT2D eigenvalue weighted by Crippen LogP contribution is 2.39. The summed E-state index contributed by atoms with van der Waals surface area (Å²) in [5.74, 6) is 0. The molecule has 3 aliphatic rings. The summed E-state index contributed by atoms with van der Waals surface area (Å²) < 4.78 is 13.1. The van der Waals surface area contributed by atoms with Crippen LogP contribution in [-0.4, -0.2) is 72.4 Å². The van der Waals surface area contributed by atoms with Gasteiger partial charge in [-0.25, -0.2) is 4.79 Å². The summed E-state index contributed by atoms with van der Waals surface area (Å²) in [7, 11) is 0. The third-order valence-electron chi connectivity index (χ3n) is 8.00. The number of likely N-dealkylation sites (tertiary alicyclic amines) is 2. The van der Waals surface area contributed by atoms with Gasteiger partial charge in [-0.05, 0) is 75.5 Å². The lowest BCUT2D eigenvalue weighted by molar-refractivity contribution is -0.253. The predicted octanol–water partition coefficient (Wildman–Crippen LogP) is 4.43. The summed E-state index contributed by atoms with van der Waals surface area (Å²) in [5.41, 5.74) is 3.66. The molecule has 3 fully saturated rings. The van der Waals surface area contributed by atoms with E-state index in [-0.39, 0.29) is 24.8 Å². The average Bonchev–Trinajstić information content (AvgIpc) is 3.62. The summed E-state index contributed by atoms with van der Waals surface area (Å²) in [5, 5.41) is 15.1. The monoisotopic (exact) mass is 522 g/mol. The lowest BCUT2D eigenvalue weighted by atomic mass is 9.99. The topological polar surface area (TPSA) is 86.3 Å². The first-order valence-corrected chi connectivity index (χ1v) is 14.2. The number of carbonyl (C=O) groups excluding carboxylic acids is 1. The Kier molecular flexibility index (Phi) is 9.30. The van der Waals surface area contributed by atoms with Crippen LogP contribution in [0.5, 0.6) is 0 Å². The van der Waals surface area contributed by atoms with E-state index in [2.05, 4.69) is 32.6 Å². The predicted molar refractivity (Wildman–Crippen MR) is 148 cm³/mol. The van der Waals surface area contributed by atoms with E-state index in [0.29, 0.717) is 12.6 Å². The quantitative estimate of drug-likeness (QED) is 0.452. The van der Waals surface area contributed by atoms with Crippen LogP contribution < -0.4 is 10.6 Å². The Labute approximate surface area is 226 Å². The Morgan fingerprint density at radius 1 is 0.947 bits per heavy atom. The Hall–Kier alpha value is -2.49. The van der Waals surface area contributed by atoms with Gasteiger partial charge in [0, 0.05) is 43.3 Å². The molecule has 3 saturated heterocycles. The first-order valence-electron chi connectivity index (χ1n) is 14.2. The minimum Gasteiger partial charge on any atom is -0.392 e. The third-order valence-corrected chi connectivity index (χ3v) is 8.00. The van der Waals surface area contributed by atoms with Crippen molar-refractivity contribution in [1.82, 2.24) is 15.1 Å². The van der Waals surface area contributed by atoms with Crippen molar-refractivity contribution in [2.75, 3.05) is 44.6 Å². The summed E-state index contributed by atoms with van der Waals surface area (Å²) in [6, 6.07) is 16.1. The molecule has 2 aromatic rings. The zero-order chi connectivity index (χ0) is 26.3. The normalized spacial score (nSPS) is 26.5. The highest BCUT2D eigenvalue weighted by molar-refractivity contribution is 5.89. The van der Waals surface area contributed by atoms with Crippen LogP contribution in [0.25, 0.3) is 0 Å². The molecule has 8 nitrogen and oxygen atoms in total. The van der Waals surface area contributed by atoms with Crippen molar-refractivity contribution < 1.29 is 19.4 Å². The van der Waals surface area contributed by atoms with Gasteiger partial charge in [-0.3, -0.25) is 4.90 Å². The fourth-order valence-corrected chi connectivity index (χ4v) is 5.96. The number of aliphatic hydroxyl groups excluding tert-OH is 1. The van der Waals surface area contributed by atoms with E-state index >= 15 is 0 Å². The minimum atomic E-state index is -0.491. The number of urea groups is 1. The molecule has 3 N–H and O–H groups in total. The highest BCUT2D eigenvalue weighted by atomic mass is 16.7. The second-order valence-electron chi connectivity index (χ2n) is 10.8. The molecular formula is C30H42N4O4. The molecular weight excluding hydrogens is 480 g/mol. The molecule has 0 aliphatic carbocycles. The van der Waals surface area contributed by atoms with Crippen molar-refractivity contribution in [3.8, 4) is 0 Å². The van der Waals surface area contributed by atoms with Crippen LogP contribution in [0.2, 0.25) is 0 Å². The van der Waals surface area contributed by atoms with Gasteiger partial charge in [-0.15, -0.1) is 0 Å². The van der Waals surface area contributed by atoms with Crippen molar-refractivity contribution in [2.24, 2.45) is 0 Å². The largest absolute Gasteiger partial charge is 0.392 e. The molecule has 0 radical (unpaired) electrons. The first-order chi connectivity index (χ1) is 18.6. The number of nitrogens with zero attached hydrogens (tertiary/aromatic N) is 2. The Balaban J connectivity index is 1.30. The lowest BCUT2D eigenvalue weighted by Crippen LogP contribution is -2.45. The number of benzene rings is 2. The molecule has 0 aromatic heterocycles. The highest BCUT2D eigenvalue weighted by Gasteiger charge is 2.36. The number of hydrogen-bond acceptors (Lipinski definition) is 6. The molecule has 0 saturated carbocycles. The third kappa shape index (κ3) is 6.93. The standard InChI is InChI=1S/C30H42N4O4/c1-2-31-30(36)32-25-13-11-24(12-14-25)29-37-27(18-28(38-29)23-9-7-22(21-35)8-10-23)20-34-17-5-6-26(34)19-33-15-3-4-16-33/h7-14,26-29,35H,2-6,15-21H2,1H3,(H2,31,32,36)/t26-,27-,28+,29+/m0/s1. The fourth-order valence-electron chi connectivity index (χ4n) is 5.96. The molecule has 0 spiro atoms. The Morgan fingerprint density at radius 2 is 1.68 bits per heavy atom. The average molecular weight is 523 g/mol. The molecule has 3 aliphatic heterocycles. The van der Waals surface area contributed by atoms with Crippen LogP contribution in [0.1, 0.15) is 68.1 Å². The number of nitrogens with one attached hydrogen (secondary N) is 2. The minimum absolute atomic E-state index is 0.0319. The summed E-state index contributed by atoms with van der Waals surface area (Å²) in [6.07, 6.45) is 5.40. The number of amides is 2. The molecule has 2 aromatic carbocycles. The van der Waals surface area contributed by atoms with Crippen molar-refractivity contribution in [2.45, 2.75) is 70.2 Å². The Bertz CT molecular complexity index is 1030. The van der Waals surface area contributed by atoms with Crippen molar-refractivity contribution in [3.05, 3.63) is 65.2 Å². The summed E-state index contributed by atoms with van der Waals surface area (Å²) >= 11 is 0. The van der Waals surface area contributed by atoms with Crippen LogP contribution in [0.3, 0.4) is 0 Å². The molecule has 0 bridgehead atoms. The number of carbonyl (C=O) groups is 1. The van der Waals surface area contributed by atoms with Crippen LogP contribution in [0, 0.1) is 0 Å². The number of rotatable bonds is 9. The number of ether oxygens (including phenoxy) is 2. The molecule has 0 unspecified atom stereocenters. The van der Waals surface area contributed by atoms with Crippen LogP contribution in [0.4, 0.5) is 10.5 Å². The maximum absolute atomic E-state index is 11.9. The molecule has 38 heavy (non-hydrogen) atoms. The van der Waals surface area contributed by atoms with Gasteiger partial charge < -0.3 is 30.1 Å². The van der Waals surface area contributed by atoms with Gasteiger partial charge in [0.05, 0.1) is 18.8 Å². The smallest absolute Gasteiger partial charge is 0.319 e. The summed E-state index contributed by atoms with van der Waals surface area (Å²) in [4.78, 5) is 17.2.